The Morgan fingerprint density at radius 3 is 2.11 bits per heavy atom. The maximum absolute atomic E-state index is 13.4. The van der Waals surface area contributed by atoms with Crippen molar-refractivity contribution in [2.75, 3.05) is 25.0 Å². The molecule has 0 saturated heterocycles. The Kier molecular flexibility index (Phi) is 10.9. The molecular formula is C33H34FN3O6S. The molecule has 230 valence electrons. The van der Waals surface area contributed by atoms with Gasteiger partial charge in [-0.1, -0.05) is 42.5 Å². The first-order chi connectivity index (χ1) is 21.1. The molecule has 0 aliphatic heterocycles. The van der Waals surface area contributed by atoms with Crippen LogP contribution in [-0.4, -0.2) is 51.4 Å². The predicted molar refractivity (Wildman–Crippen MR) is 165 cm³/mol. The topological polar surface area (TPSA) is 114 Å². The molecule has 0 heterocycles. The summed E-state index contributed by atoms with van der Waals surface area (Å²) in [5.74, 6) is -0.278. The summed E-state index contributed by atoms with van der Waals surface area (Å²) in [4.78, 5) is 27.9. The van der Waals surface area contributed by atoms with E-state index >= 15 is 0 Å². The lowest BCUT2D eigenvalue weighted by Crippen LogP contribution is -2.49. The van der Waals surface area contributed by atoms with Crippen molar-refractivity contribution < 1.29 is 31.9 Å². The Hall–Kier alpha value is -4.90. The van der Waals surface area contributed by atoms with E-state index in [0.29, 0.717) is 18.7 Å². The van der Waals surface area contributed by atoms with Crippen molar-refractivity contribution >= 4 is 27.5 Å². The van der Waals surface area contributed by atoms with E-state index in [9.17, 15) is 22.4 Å². The number of amides is 2. The van der Waals surface area contributed by atoms with Gasteiger partial charge in [0.15, 0.2) is 6.61 Å². The van der Waals surface area contributed by atoms with Crippen LogP contribution >= 0.6 is 0 Å². The summed E-state index contributed by atoms with van der Waals surface area (Å²) in [5, 5.41) is 2.91. The van der Waals surface area contributed by atoms with Crippen molar-refractivity contribution in [1.82, 2.24) is 10.2 Å². The van der Waals surface area contributed by atoms with E-state index in [2.05, 4.69) is 10.0 Å². The number of hydrogen-bond acceptors (Lipinski definition) is 6. The number of benzene rings is 4. The smallest absolute Gasteiger partial charge is 0.261 e. The van der Waals surface area contributed by atoms with Gasteiger partial charge in [-0.05, 0) is 85.1 Å². The van der Waals surface area contributed by atoms with Crippen LogP contribution in [0.2, 0.25) is 0 Å². The Labute approximate surface area is 256 Å². The third-order valence-corrected chi connectivity index (χ3v) is 8.22. The van der Waals surface area contributed by atoms with E-state index in [1.807, 2.05) is 42.5 Å². The summed E-state index contributed by atoms with van der Waals surface area (Å²) in [5.41, 5.74) is 2.10. The molecule has 2 N–H and O–H groups in total. The summed E-state index contributed by atoms with van der Waals surface area (Å²) in [7, 11) is -2.37. The number of anilines is 1. The zero-order chi connectivity index (χ0) is 31.5. The molecule has 0 saturated carbocycles. The number of carbonyl (C=O) groups excluding carboxylic acids is 2. The first kappa shape index (κ1) is 32.0. The van der Waals surface area contributed by atoms with Crippen LogP contribution in [0.1, 0.15) is 18.1 Å². The average molecular weight is 620 g/mol. The molecule has 4 rings (SSSR count). The Morgan fingerprint density at radius 2 is 1.48 bits per heavy atom. The van der Waals surface area contributed by atoms with Gasteiger partial charge in [-0.3, -0.25) is 14.3 Å². The quantitative estimate of drug-likeness (QED) is 0.210. The van der Waals surface area contributed by atoms with Gasteiger partial charge in [0.25, 0.3) is 15.9 Å². The summed E-state index contributed by atoms with van der Waals surface area (Å²) in [6.07, 6.45) is 0.653. The van der Waals surface area contributed by atoms with Crippen LogP contribution < -0.4 is 19.5 Å². The minimum atomic E-state index is -3.93. The largest absolute Gasteiger partial charge is 0.497 e. The predicted octanol–water partition coefficient (Wildman–Crippen LogP) is 4.79. The number of rotatable bonds is 14. The number of hydrogen-bond donors (Lipinski definition) is 2. The molecule has 9 nitrogen and oxygen atoms in total. The number of nitrogens with one attached hydrogen (secondary N) is 2. The summed E-state index contributed by atoms with van der Waals surface area (Å²) in [6, 6.07) is 26.6. The number of sulfonamides is 1. The van der Waals surface area contributed by atoms with E-state index in [1.165, 1.54) is 41.3 Å². The minimum absolute atomic E-state index is 0.0394. The van der Waals surface area contributed by atoms with E-state index in [1.54, 1.807) is 26.2 Å². The fourth-order valence-corrected chi connectivity index (χ4v) is 5.37. The van der Waals surface area contributed by atoms with Gasteiger partial charge in [0.2, 0.25) is 5.91 Å². The van der Waals surface area contributed by atoms with Crippen LogP contribution in [-0.2, 0) is 32.6 Å². The zero-order valence-corrected chi connectivity index (χ0v) is 25.2. The van der Waals surface area contributed by atoms with Crippen LogP contribution in [0.25, 0.3) is 0 Å². The van der Waals surface area contributed by atoms with Crippen molar-refractivity contribution in [3.05, 3.63) is 120 Å². The second kappa shape index (κ2) is 15.0. The average Bonchev–Trinajstić information content (AvgIpc) is 3.04. The lowest BCUT2D eigenvalue weighted by atomic mass is 10.1. The molecule has 4 aromatic carbocycles. The maximum Gasteiger partial charge on any atom is 0.261 e. The molecule has 0 aliphatic rings. The number of carbonyl (C=O) groups is 2. The molecule has 1 atom stereocenters. The summed E-state index contributed by atoms with van der Waals surface area (Å²) in [6.45, 7) is 1.86. The minimum Gasteiger partial charge on any atom is -0.497 e. The first-order valence-electron chi connectivity index (χ1n) is 13.9. The van der Waals surface area contributed by atoms with Crippen LogP contribution in [0.3, 0.4) is 0 Å². The highest BCUT2D eigenvalue weighted by atomic mass is 32.2. The van der Waals surface area contributed by atoms with E-state index < -0.39 is 27.8 Å². The van der Waals surface area contributed by atoms with Crippen molar-refractivity contribution in [1.29, 1.82) is 0 Å². The molecule has 44 heavy (non-hydrogen) atoms. The van der Waals surface area contributed by atoms with Gasteiger partial charge in [0, 0.05) is 18.8 Å². The second-order valence-electron chi connectivity index (χ2n) is 9.94. The third-order valence-electron chi connectivity index (χ3n) is 6.83. The maximum atomic E-state index is 13.4. The Balaban J connectivity index is 1.40. The van der Waals surface area contributed by atoms with Gasteiger partial charge in [0.1, 0.15) is 23.4 Å². The van der Waals surface area contributed by atoms with Gasteiger partial charge in [0.05, 0.1) is 12.0 Å². The van der Waals surface area contributed by atoms with Gasteiger partial charge in [-0.25, -0.2) is 12.8 Å². The van der Waals surface area contributed by atoms with E-state index in [4.69, 9.17) is 9.47 Å². The van der Waals surface area contributed by atoms with Gasteiger partial charge in [-0.2, -0.15) is 0 Å². The van der Waals surface area contributed by atoms with Crippen LogP contribution in [0.4, 0.5) is 10.1 Å². The second-order valence-corrected chi connectivity index (χ2v) is 11.6. The highest BCUT2D eigenvalue weighted by molar-refractivity contribution is 7.92. The van der Waals surface area contributed by atoms with Crippen LogP contribution in [0.5, 0.6) is 11.5 Å². The molecule has 0 aromatic heterocycles. The summed E-state index contributed by atoms with van der Waals surface area (Å²) >= 11 is 0. The monoisotopic (exact) mass is 619 g/mol. The lowest BCUT2D eigenvalue weighted by Gasteiger charge is -2.29. The van der Waals surface area contributed by atoms with Crippen molar-refractivity contribution in [2.24, 2.45) is 0 Å². The first-order valence-corrected chi connectivity index (χ1v) is 15.4. The number of methoxy groups -OCH3 is 1. The molecule has 11 heteroatoms. The fourth-order valence-electron chi connectivity index (χ4n) is 4.31. The number of halogens is 1. The zero-order valence-electron chi connectivity index (χ0n) is 24.4. The summed E-state index contributed by atoms with van der Waals surface area (Å²) < 4.78 is 51.9. The molecule has 0 spiro atoms. The molecule has 1 unspecified atom stereocenters. The molecule has 4 aromatic rings. The lowest BCUT2D eigenvalue weighted by molar-refractivity contribution is -0.142. The van der Waals surface area contributed by atoms with Crippen molar-refractivity contribution in [2.45, 2.75) is 30.8 Å². The van der Waals surface area contributed by atoms with Crippen molar-refractivity contribution in [3.63, 3.8) is 0 Å². The molecule has 2 amide bonds. The standard InChI is InChI=1S/C33H34FN3O6S/c1-24(33(39)35-21-20-25-6-4-3-5-7-25)37(22-26-8-14-29(42-2)15-9-26)32(38)23-43-30-16-18-31(19-17-30)44(40,41)36-28-12-10-27(34)11-13-28/h3-19,24,36H,20-23H2,1-2H3,(H,35,39). The van der Waals surface area contributed by atoms with Gasteiger partial charge in [-0.15, -0.1) is 0 Å². The molecule has 0 bridgehead atoms. The van der Waals surface area contributed by atoms with Gasteiger partial charge >= 0.3 is 0 Å². The Morgan fingerprint density at radius 1 is 0.841 bits per heavy atom. The van der Waals surface area contributed by atoms with Gasteiger partial charge < -0.3 is 19.7 Å². The molecule has 0 radical (unpaired) electrons. The highest BCUT2D eigenvalue weighted by Gasteiger charge is 2.26. The highest BCUT2D eigenvalue weighted by Crippen LogP contribution is 2.20. The normalized spacial score (nSPS) is 11.7. The number of ether oxygens (including phenoxy) is 2. The fraction of sp³-hybridized carbons (Fsp3) is 0.212. The van der Waals surface area contributed by atoms with Crippen molar-refractivity contribution in [3.8, 4) is 11.5 Å². The molecule has 0 fully saturated rings. The molecular weight excluding hydrogens is 585 g/mol. The van der Waals surface area contributed by atoms with Crippen LogP contribution in [0.15, 0.2) is 108 Å². The third kappa shape index (κ3) is 9.05. The Bertz CT molecular complexity index is 1630. The van der Waals surface area contributed by atoms with E-state index in [-0.39, 0.29) is 35.4 Å². The number of nitrogens with zero attached hydrogens (tertiary/aromatic N) is 1. The SMILES string of the molecule is COc1ccc(CN(C(=O)COc2ccc(S(=O)(=O)Nc3ccc(F)cc3)cc2)C(C)C(=O)NCCc2ccccc2)cc1. The van der Waals surface area contributed by atoms with E-state index in [0.717, 1.165) is 23.3 Å². The molecule has 0 aliphatic carbocycles. The van der Waals surface area contributed by atoms with Crippen LogP contribution in [0, 0.1) is 5.82 Å².